The van der Waals surface area contributed by atoms with Gasteiger partial charge >= 0.3 is 5.56 Å². The van der Waals surface area contributed by atoms with E-state index in [-0.39, 0.29) is 36.4 Å². The Morgan fingerprint density at radius 2 is 1.79 bits per heavy atom. The molecule has 0 radical (unpaired) electrons. The molecule has 2 heterocycles. The molecule has 0 atom stereocenters. The Bertz CT molecular complexity index is 1170. The van der Waals surface area contributed by atoms with Crippen molar-refractivity contribution in [2.24, 2.45) is 0 Å². The van der Waals surface area contributed by atoms with Crippen LogP contribution in [-0.4, -0.2) is 65.1 Å². The van der Waals surface area contributed by atoms with Gasteiger partial charge in [0.25, 0.3) is 0 Å². The van der Waals surface area contributed by atoms with Crippen molar-refractivity contribution in [3.05, 3.63) is 40.6 Å². The van der Waals surface area contributed by atoms with E-state index in [1.165, 1.54) is 16.6 Å². The highest BCUT2D eigenvalue weighted by Crippen LogP contribution is 2.31. The SMILES string of the molecule is CC(C)S(=O)(=O)N1CCN(c2cnn(-c3cc(F)ccc3O)c(=O)c2OC2CCCC2)CC1. The van der Waals surface area contributed by atoms with Gasteiger partial charge in [0, 0.05) is 32.2 Å². The monoisotopic (exact) mass is 480 g/mol. The molecular formula is C22H29FN4O5S. The Morgan fingerprint density at radius 3 is 2.42 bits per heavy atom. The molecule has 180 valence electrons. The first-order valence-corrected chi connectivity index (χ1v) is 12.7. The molecule has 0 unspecified atom stereocenters. The van der Waals surface area contributed by atoms with E-state index in [1.807, 2.05) is 4.90 Å². The number of nitrogens with zero attached hydrogens (tertiary/aromatic N) is 4. The summed E-state index contributed by atoms with van der Waals surface area (Å²) >= 11 is 0. The zero-order valence-corrected chi connectivity index (χ0v) is 19.6. The maximum Gasteiger partial charge on any atom is 0.316 e. The number of halogens is 1. The molecular weight excluding hydrogens is 451 g/mol. The van der Waals surface area contributed by atoms with Crippen molar-refractivity contribution in [3.8, 4) is 17.2 Å². The molecule has 0 bridgehead atoms. The first-order chi connectivity index (χ1) is 15.7. The molecule has 2 aromatic rings. The molecule has 11 heteroatoms. The van der Waals surface area contributed by atoms with Gasteiger partial charge in [-0.05, 0) is 51.7 Å². The van der Waals surface area contributed by atoms with E-state index in [9.17, 15) is 22.7 Å². The maximum atomic E-state index is 13.8. The molecule has 1 saturated carbocycles. The number of phenols is 1. The third-order valence-electron chi connectivity index (χ3n) is 6.20. The van der Waals surface area contributed by atoms with E-state index in [0.717, 1.165) is 42.5 Å². The van der Waals surface area contributed by atoms with Crippen LogP contribution in [0.4, 0.5) is 10.1 Å². The van der Waals surface area contributed by atoms with Crippen molar-refractivity contribution >= 4 is 15.7 Å². The van der Waals surface area contributed by atoms with Gasteiger partial charge in [-0.2, -0.15) is 14.1 Å². The molecule has 1 aliphatic heterocycles. The molecule has 1 aromatic carbocycles. The molecule has 1 N–H and O–H groups in total. The lowest BCUT2D eigenvalue weighted by atomic mass is 10.2. The van der Waals surface area contributed by atoms with E-state index in [2.05, 4.69) is 5.10 Å². The second-order valence-electron chi connectivity index (χ2n) is 8.71. The van der Waals surface area contributed by atoms with Gasteiger partial charge in [-0.25, -0.2) is 12.8 Å². The normalized spacial score (nSPS) is 18.2. The number of hydrogen-bond acceptors (Lipinski definition) is 7. The predicted octanol–water partition coefficient (Wildman–Crippen LogP) is 2.26. The Kier molecular flexibility index (Phi) is 6.62. The summed E-state index contributed by atoms with van der Waals surface area (Å²) in [5.74, 6) is -0.805. The van der Waals surface area contributed by atoms with Crippen molar-refractivity contribution in [3.63, 3.8) is 0 Å². The van der Waals surface area contributed by atoms with Crippen LogP contribution in [0.2, 0.25) is 0 Å². The van der Waals surface area contributed by atoms with Crippen molar-refractivity contribution in [2.75, 3.05) is 31.1 Å². The van der Waals surface area contributed by atoms with Gasteiger partial charge < -0.3 is 14.7 Å². The molecule has 0 amide bonds. The summed E-state index contributed by atoms with van der Waals surface area (Å²) in [4.78, 5) is 15.3. The number of piperazine rings is 1. The minimum Gasteiger partial charge on any atom is -0.506 e. The summed E-state index contributed by atoms with van der Waals surface area (Å²) in [5.41, 5.74) is -0.200. The fourth-order valence-corrected chi connectivity index (χ4v) is 5.53. The van der Waals surface area contributed by atoms with Crippen LogP contribution in [0.5, 0.6) is 11.5 Å². The summed E-state index contributed by atoms with van der Waals surface area (Å²) in [6.07, 6.45) is 5.02. The van der Waals surface area contributed by atoms with Gasteiger partial charge in [0.1, 0.15) is 22.9 Å². The van der Waals surface area contributed by atoms with Crippen LogP contribution in [0, 0.1) is 5.82 Å². The number of sulfonamides is 1. The second kappa shape index (κ2) is 9.30. The van der Waals surface area contributed by atoms with E-state index < -0.39 is 26.6 Å². The van der Waals surface area contributed by atoms with Gasteiger partial charge in [-0.1, -0.05) is 0 Å². The second-order valence-corrected chi connectivity index (χ2v) is 11.2. The summed E-state index contributed by atoms with van der Waals surface area (Å²) < 4.78 is 47.3. The average Bonchev–Trinajstić information content (AvgIpc) is 3.30. The van der Waals surface area contributed by atoms with Crippen molar-refractivity contribution < 1.29 is 22.7 Å². The molecule has 4 rings (SSSR count). The third kappa shape index (κ3) is 4.70. The van der Waals surface area contributed by atoms with E-state index in [1.54, 1.807) is 13.8 Å². The van der Waals surface area contributed by atoms with Crippen LogP contribution in [0.1, 0.15) is 39.5 Å². The molecule has 2 fully saturated rings. The van der Waals surface area contributed by atoms with Gasteiger partial charge in [-0.3, -0.25) is 4.79 Å². The van der Waals surface area contributed by atoms with Crippen LogP contribution >= 0.6 is 0 Å². The van der Waals surface area contributed by atoms with Crippen molar-refractivity contribution in [1.29, 1.82) is 0 Å². The van der Waals surface area contributed by atoms with Crippen LogP contribution in [0.3, 0.4) is 0 Å². The van der Waals surface area contributed by atoms with Gasteiger partial charge in [-0.15, -0.1) is 0 Å². The Labute approximate surface area is 192 Å². The smallest absolute Gasteiger partial charge is 0.316 e. The highest BCUT2D eigenvalue weighted by Gasteiger charge is 2.32. The van der Waals surface area contributed by atoms with Crippen molar-refractivity contribution in [1.82, 2.24) is 14.1 Å². The number of aromatic hydroxyl groups is 1. The van der Waals surface area contributed by atoms with E-state index in [0.29, 0.717) is 18.8 Å². The zero-order chi connectivity index (χ0) is 23.8. The first-order valence-electron chi connectivity index (χ1n) is 11.2. The van der Waals surface area contributed by atoms with Gasteiger partial charge in [0.15, 0.2) is 0 Å². The van der Waals surface area contributed by atoms with Crippen LogP contribution in [0.15, 0.2) is 29.2 Å². The molecule has 1 saturated heterocycles. The lowest BCUT2D eigenvalue weighted by molar-refractivity contribution is 0.205. The quantitative estimate of drug-likeness (QED) is 0.676. The molecule has 2 aliphatic rings. The summed E-state index contributed by atoms with van der Waals surface area (Å²) in [6, 6.07) is 3.30. The Morgan fingerprint density at radius 1 is 1.12 bits per heavy atom. The third-order valence-corrected chi connectivity index (χ3v) is 8.48. The highest BCUT2D eigenvalue weighted by atomic mass is 32.2. The fraction of sp³-hybridized carbons (Fsp3) is 0.545. The fourth-order valence-electron chi connectivity index (χ4n) is 4.26. The number of hydrogen-bond donors (Lipinski definition) is 1. The van der Waals surface area contributed by atoms with Crippen molar-refractivity contribution in [2.45, 2.75) is 50.9 Å². The van der Waals surface area contributed by atoms with Gasteiger partial charge in [0.2, 0.25) is 15.8 Å². The lowest BCUT2D eigenvalue weighted by Crippen LogP contribution is -2.50. The Balaban J connectivity index is 1.69. The van der Waals surface area contributed by atoms with Gasteiger partial charge in [0.05, 0.1) is 17.6 Å². The number of phenolic OH excluding ortho intramolecular Hbond substituents is 1. The molecule has 0 spiro atoms. The van der Waals surface area contributed by atoms with E-state index >= 15 is 0 Å². The number of aromatic nitrogens is 2. The van der Waals surface area contributed by atoms with Crippen LogP contribution in [-0.2, 0) is 10.0 Å². The number of benzene rings is 1. The minimum absolute atomic E-state index is 0.0735. The molecule has 1 aromatic heterocycles. The number of rotatable bonds is 6. The van der Waals surface area contributed by atoms with Crippen LogP contribution in [0.25, 0.3) is 5.69 Å². The zero-order valence-electron chi connectivity index (χ0n) is 18.8. The first kappa shape index (κ1) is 23.5. The predicted molar refractivity (Wildman–Crippen MR) is 122 cm³/mol. The summed E-state index contributed by atoms with van der Waals surface area (Å²) in [5, 5.41) is 13.9. The molecule has 9 nitrogen and oxygen atoms in total. The van der Waals surface area contributed by atoms with Crippen LogP contribution < -0.4 is 15.2 Å². The number of ether oxygens (including phenoxy) is 1. The summed E-state index contributed by atoms with van der Waals surface area (Å²) in [6.45, 7) is 4.64. The molecule has 1 aliphatic carbocycles. The molecule has 33 heavy (non-hydrogen) atoms. The highest BCUT2D eigenvalue weighted by molar-refractivity contribution is 7.89. The lowest BCUT2D eigenvalue weighted by Gasteiger charge is -2.36. The minimum atomic E-state index is -3.36. The maximum absolute atomic E-state index is 13.8. The topological polar surface area (TPSA) is 105 Å². The largest absolute Gasteiger partial charge is 0.506 e. The standard InChI is InChI=1S/C22H29FN4O5S/c1-15(2)33(30,31)26-11-9-25(10-12-26)19-14-24-27(18-13-16(23)7-8-20(18)28)22(29)21(19)32-17-5-3-4-6-17/h7-8,13-15,17,28H,3-6,9-12H2,1-2H3. The Hall–Kier alpha value is -2.66. The van der Waals surface area contributed by atoms with E-state index in [4.69, 9.17) is 4.74 Å². The number of anilines is 1. The average molecular weight is 481 g/mol. The summed E-state index contributed by atoms with van der Waals surface area (Å²) in [7, 11) is -3.36.